The number of imidazole rings is 1. The lowest BCUT2D eigenvalue weighted by molar-refractivity contribution is 0.194. The number of anilines is 1. The van der Waals surface area contributed by atoms with Crippen LogP contribution in [0.4, 0.5) is 14.9 Å². The van der Waals surface area contributed by atoms with Crippen LogP contribution in [0.5, 0.6) is 0 Å². The maximum absolute atomic E-state index is 13.1. The quantitative estimate of drug-likeness (QED) is 0.453. The van der Waals surface area contributed by atoms with Crippen LogP contribution in [-0.2, 0) is 0 Å². The molecule has 1 amide bonds. The highest BCUT2D eigenvalue weighted by Crippen LogP contribution is 2.25. The highest BCUT2D eigenvalue weighted by molar-refractivity contribution is 5.75. The van der Waals surface area contributed by atoms with Crippen LogP contribution < -0.4 is 10.6 Å². The SMILES string of the molecule is O=C(O)NCCCCC(Nc1ccc(F)cc1)c1nc2ccccc2[nH]1. The molecule has 0 saturated heterocycles. The summed E-state index contributed by atoms with van der Waals surface area (Å²) < 4.78 is 13.1. The molecule has 0 aliphatic rings. The van der Waals surface area contributed by atoms with E-state index < -0.39 is 6.09 Å². The van der Waals surface area contributed by atoms with Crippen LogP contribution in [0.25, 0.3) is 11.0 Å². The summed E-state index contributed by atoms with van der Waals surface area (Å²) in [5.41, 5.74) is 2.66. The van der Waals surface area contributed by atoms with E-state index in [4.69, 9.17) is 5.11 Å². The van der Waals surface area contributed by atoms with Gasteiger partial charge in [0.1, 0.15) is 11.6 Å². The Morgan fingerprint density at radius 2 is 1.92 bits per heavy atom. The number of fused-ring (bicyclic) bond motifs is 1. The molecule has 136 valence electrons. The summed E-state index contributed by atoms with van der Waals surface area (Å²) in [5, 5.41) is 14.4. The molecule has 3 aromatic rings. The van der Waals surface area contributed by atoms with Crippen LogP contribution in [-0.4, -0.2) is 27.7 Å². The van der Waals surface area contributed by atoms with Crippen molar-refractivity contribution in [1.82, 2.24) is 15.3 Å². The summed E-state index contributed by atoms with van der Waals surface area (Å²) in [5.74, 6) is 0.525. The fourth-order valence-electron chi connectivity index (χ4n) is 2.83. The average molecular weight is 356 g/mol. The number of H-pyrrole nitrogens is 1. The summed E-state index contributed by atoms with van der Waals surface area (Å²) in [7, 11) is 0. The highest BCUT2D eigenvalue weighted by atomic mass is 19.1. The third-order valence-corrected chi connectivity index (χ3v) is 4.12. The van der Waals surface area contributed by atoms with Crippen LogP contribution in [0.1, 0.15) is 31.1 Å². The molecule has 0 saturated carbocycles. The molecule has 0 aliphatic heterocycles. The van der Waals surface area contributed by atoms with Crippen molar-refractivity contribution >= 4 is 22.8 Å². The zero-order chi connectivity index (χ0) is 18.4. The molecule has 1 atom stereocenters. The Morgan fingerprint density at radius 1 is 1.15 bits per heavy atom. The van der Waals surface area contributed by atoms with E-state index in [0.717, 1.165) is 41.8 Å². The van der Waals surface area contributed by atoms with Gasteiger partial charge in [0.05, 0.1) is 17.1 Å². The molecule has 2 aromatic carbocycles. The number of aromatic nitrogens is 2. The molecule has 3 rings (SSSR count). The number of para-hydroxylation sites is 2. The number of nitrogens with one attached hydrogen (secondary N) is 3. The Morgan fingerprint density at radius 3 is 2.65 bits per heavy atom. The summed E-state index contributed by atoms with van der Waals surface area (Å²) in [6.45, 7) is 0.415. The molecule has 0 fully saturated rings. The van der Waals surface area contributed by atoms with Crippen LogP contribution in [0.3, 0.4) is 0 Å². The molecule has 0 spiro atoms. The predicted molar refractivity (Wildman–Crippen MR) is 98.7 cm³/mol. The maximum atomic E-state index is 13.1. The first kappa shape index (κ1) is 17.7. The van der Waals surface area contributed by atoms with E-state index in [1.807, 2.05) is 24.3 Å². The molecule has 0 aliphatic carbocycles. The second-order valence-corrected chi connectivity index (χ2v) is 6.07. The number of nitrogens with zero attached hydrogens (tertiary/aromatic N) is 1. The lowest BCUT2D eigenvalue weighted by atomic mass is 10.1. The number of hydrogen-bond donors (Lipinski definition) is 4. The van der Waals surface area contributed by atoms with Crippen molar-refractivity contribution in [1.29, 1.82) is 0 Å². The third kappa shape index (κ3) is 4.72. The number of hydrogen-bond acceptors (Lipinski definition) is 3. The number of unbranched alkanes of at least 4 members (excludes halogenated alkanes) is 1. The first-order valence-electron chi connectivity index (χ1n) is 8.55. The largest absolute Gasteiger partial charge is 0.465 e. The summed E-state index contributed by atoms with van der Waals surface area (Å²) in [4.78, 5) is 18.5. The molecule has 7 heteroatoms. The number of aromatic amines is 1. The molecule has 1 unspecified atom stereocenters. The summed E-state index contributed by atoms with van der Waals surface area (Å²) in [6.07, 6.45) is 1.30. The Bertz CT molecular complexity index is 830. The Balaban J connectivity index is 1.71. The van der Waals surface area contributed by atoms with Gasteiger partial charge in [0.25, 0.3) is 0 Å². The predicted octanol–water partition coefficient (Wildman–Crippen LogP) is 4.29. The topological polar surface area (TPSA) is 90.0 Å². The minimum Gasteiger partial charge on any atom is -0.465 e. The lowest BCUT2D eigenvalue weighted by Gasteiger charge is -2.18. The number of benzene rings is 2. The van der Waals surface area contributed by atoms with Gasteiger partial charge in [-0.05, 0) is 55.7 Å². The first-order chi connectivity index (χ1) is 12.6. The van der Waals surface area contributed by atoms with Gasteiger partial charge >= 0.3 is 6.09 Å². The van der Waals surface area contributed by atoms with Gasteiger partial charge in [-0.25, -0.2) is 14.2 Å². The van der Waals surface area contributed by atoms with Gasteiger partial charge < -0.3 is 20.7 Å². The van der Waals surface area contributed by atoms with Crippen LogP contribution in [0.2, 0.25) is 0 Å². The van der Waals surface area contributed by atoms with E-state index in [-0.39, 0.29) is 11.9 Å². The zero-order valence-corrected chi connectivity index (χ0v) is 14.2. The van der Waals surface area contributed by atoms with Crippen molar-refractivity contribution < 1.29 is 14.3 Å². The van der Waals surface area contributed by atoms with Crippen molar-refractivity contribution in [3.63, 3.8) is 0 Å². The normalized spacial score (nSPS) is 12.0. The molecule has 1 aromatic heterocycles. The van der Waals surface area contributed by atoms with Crippen molar-refractivity contribution in [2.75, 3.05) is 11.9 Å². The summed E-state index contributed by atoms with van der Waals surface area (Å²) in [6, 6.07) is 13.9. The maximum Gasteiger partial charge on any atom is 0.404 e. The van der Waals surface area contributed by atoms with E-state index in [1.165, 1.54) is 12.1 Å². The fourth-order valence-corrected chi connectivity index (χ4v) is 2.83. The lowest BCUT2D eigenvalue weighted by Crippen LogP contribution is -2.22. The van der Waals surface area contributed by atoms with Gasteiger partial charge in [-0.1, -0.05) is 12.1 Å². The third-order valence-electron chi connectivity index (χ3n) is 4.12. The fraction of sp³-hybridized carbons (Fsp3) is 0.263. The first-order valence-corrected chi connectivity index (χ1v) is 8.55. The van der Waals surface area contributed by atoms with Gasteiger partial charge in [-0.2, -0.15) is 0 Å². The number of rotatable bonds is 8. The van der Waals surface area contributed by atoms with E-state index in [2.05, 4.69) is 20.6 Å². The van der Waals surface area contributed by atoms with Crippen molar-refractivity contribution in [2.24, 2.45) is 0 Å². The Kier molecular flexibility index (Phi) is 5.68. The molecule has 0 bridgehead atoms. The Hall–Kier alpha value is -3.09. The van der Waals surface area contributed by atoms with Crippen molar-refractivity contribution in [3.05, 3.63) is 60.2 Å². The minimum absolute atomic E-state index is 0.0855. The highest BCUT2D eigenvalue weighted by Gasteiger charge is 2.16. The van der Waals surface area contributed by atoms with Crippen molar-refractivity contribution in [2.45, 2.75) is 25.3 Å². The van der Waals surface area contributed by atoms with Crippen LogP contribution in [0, 0.1) is 5.82 Å². The van der Waals surface area contributed by atoms with Gasteiger partial charge in [0.15, 0.2) is 0 Å². The van der Waals surface area contributed by atoms with E-state index >= 15 is 0 Å². The van der Waals surface area contributed by atoms with E-state index in [9.17, 15) is 9.18 Å². The molecule has 0 radical (unpaired) electrons. The molecule has 4 N–H and O–H groups in total. The van der Waals surface area contributed by atoms with Crippen LogP contribution in [0.15, 0.2) is 48.5 Å². The van der Waals surface area contributed by atoms with Crippen molar-refractivity contribution in [3.8, 4) is 0 Å². The zero-order valence-electron chi connectivity index (χ0n) is 14.2. The van der Waals surface area contributed by atoms with E-state index in [0.29, 0.717) is 6.54 Å². The van der Waals surface area contributed by atoms with Crippen LogP contribution >= 0.6 is 0 Å². The number of halogens is 1. The van der Waals surface area contributed by atoms with Gasteiger partial charge in [0.2, 0.25) is 0 Å². The molecule has 1 heterocycles. The number of amides is 1. The number of carbonyl (C=O) groups is 1. The average Bonchev–Trinajstić information content (AvgIpc) is 3.06. The molecule has 6 nitrogen and oxygen atoms in total. The molecular formula is C19H21FN4O2. The second-order valence-electron chi connectivity index (χ2n) is 6.07. The van der Waals surface area contributed by atoms with Gasteiger partial charge in [0, 0.05) is 12.2 Å². The minimum atomic E-state index is -1.01. The monoisotopic (exact) mass is 356 g/mol. The standard InChI is InChI=1S/C19H21FN4O2/c20-13-8-10-14(11-9-13)22-17(7-3-4-12-21-19(25)26)18-23-15-5-1-2-6-16(15)24-18/h1-2,5-6,8-11,17,21-22H,3-4,7,12H2,(H,23,24)(H,25,26). The van der Waals surface area contributed by atoms with E-state index in [1.54, 1.807) is 12.1 Å². The van der Waals surface area contributed by atoms with Gasteiger partial charge in [-0.15, -0.1) is 0 Å². The molecular weight excluding hydrogens is 335 g/mol. The van der Waals surface area contributed by atoms with Gasteiger partial charge in [-0.3, -0.25) is 0 Å². The smallest absolute Gasteiger partial charge is 0.404 e. The number of carboxylic acid groups (broad SMARTS) is 1. The molecule has 26 heavy (non-hydrogen) atoms. The second kappa shape index (κ2) is 8.33. The Labute approximate surface area is 150 Å². The summed E-state index contributed by atoms with van der Waals surface area (Å²) >= 11 is 0.